The highest BCUT2D eigenvalue weighted by molar-refractivity contribution is 5.92. The second-order valence-electron chi connectivity index (χ2n) is 3.86. The van der Waals surface area contributed by atoms with Crippen LogP contribution in [0.25, 0.3) is 22.2 Å². The first-order valence-electron chi connectivity index (χ1n) is 5.50. The molecule has 2 N–H and O–H groups in total. The number of hydrogen-bond acceptors (Lipinski definition) is 3. The lowest BCUT2D eigenvalue weighted by molar-refractivity contribution is 0.297. The van der Waals surface area contributed by atoms with Crippen LogP contribution in [0.5, 0.6) is 0 Å². The molecule has 4 nitrogen and oxygen atoms in total. The largest absolute Gasteiger partial charge is 0.464 e. The lowest BCUT2D eigenvalue weighted by Gasteiger charge is -1.93. The molecule has 3 aromatic rings. The Morgan fingerprint density at radius 1 is 1.29 bits per heavy atom. The molecule has 0 spiro atoms. The molecule has 0 unspecified atom stereocenters. The van der Waals surface area contributed by atoms with Gasteiger partial charge in [-0.25, -0.2) is 4.98 Å². The number of imidazole rings is 1. The molecule has 3 rings (SSSR count). The van der Waals surface area contributed by atoms with Crippen LogP contribution in [0, 0.1) is 0 Å². The average molecular weight is 228 g/mol. The molecule has 4 heteroatoms. The van der Waals surface area contributed by atoms with E-state index in [9.17, 15) is 0 Å². The second-order valence-corrected chi connectivity index (χ2v) is 3.86. The molecule has 0 aliphatic heterocycles. The Kier molecular flexibility index (Phi) is 2.42. The van der Waals surface area contributed by atoms with Gasteiger partial charge in [0, 0.05) is 17.4 Å². The molecule has 0 radical (unpaired) electrons. The normalized spacial score (nSPS) is 11.1. The van der Waals surface area contributed by atoms with Gasteiger partial charge in [0.05, 0.1) is 18.5 Å². The molecule has 86 valence electrons. The number of hydrogen-bond donors (Lipinski definition) is 2. The molecule has 1 aromatic carbocycles. The summed E-state index contributed by atoms with van der Waals surface area (Å²) < 4.78 is 5.48. The van der Waals surface area contributed by atoms with Gasteiger partial charge in [-0.2, -0.15) is 0 Å². The van der Waals surface area contributed by atoms with Crippen LogP contribution in [0.3, 0.4) is 0 Å². The van der Waals surface area contributed by atoms with Crippen LogP contribution >= 0.6 is 0 Å². The van der Waals surface area contributed by atoms with Crippen LogP contribution in [0.2, 0.25) is 0 Å². The van der Waals surface area contributed by atoms with E-state index in [0.29, 0.717) is 6.42 Å². The summed E-state index contributed by atoms with van der Waals surface area (Å²) in [6.07, 6.45) is 4.03. The van der Waals surface area contributed by atoms with Crippen molar-refractivity contribution in [2.24, 2.45) is 0 Å². The number of furan rings is 1. The van der Waals surface area contributed by atoms with Crippen LogP contribution in [0.4, 0.5) is 0 Å². The Balaban J connectivity index is 2.07. The summed E-state index contributed by atoms with van der Waals surface area (Å²) in [4.78, 5) is 7.39. The van der Waals surface area contributed by atoms with Crippen molar-refractivity contribution >= 4 is 11.0 Å². The summed E-state index contributed by atoms with van der Waals surface area (Å²) in [6, 6.07) is 7.87. The third-order valence-corrected chi connectivity index (χ3v) is 2.75. The predicted octanol–water partition coefficient (Wildman–Crippen LogP) is 2.36. The van der Waals surface area contributed by atoms with E-state index < -0.39 is 0 Å². The number of aliphatic hydroxyl groups is 1. The highest BCUT2D eigenvalue weighted by Gasteiger charge is 2.09. The lowest BCUT2D eigenvalue weighted by atomic mass is 10.1. The first kappa shape index (κ1) is 10.1. The van der Waals surface area contributed by atoms with E-state index in [1.54, 1.807) is 12.5 Å². The standard InChI is InChI=1S/C13H12N2O2/c16-6-5-13-14-7-11(15-13)10-8-17-12-4-2-1-3-9(10)12/h1-4,7-8,16H,5-6H2,(H,14,15). The first-order chi connectivity index (χ1) is 8.38. The van der Waals surface area contributed by atoms with E-state index in [0.717, 1.165) is 28.1 Å². The number of nitrogens with one attached hydrogen (secondary N) is 1. The third kappa shape index (κ3) is 1.72. The number of aromatic amines is 1. The summed E-state index contributed by atoms with van der Waals surface area (Å²) in [5, 5.41) is 9.91. The maximum atomic E-state index is 8.85. The summed E-state index contributed by atoms with van der Waals surface area (Å²) in [7, 11) is 0. The smallest absolute Gasteiger partial charge is 0.134 e. The van der Waals surface area contributed by atoms with Gasteiger partial charge in [-0.3, -0.25) is 0 Å². The molecule has 0 aliphatic rings. The molecule has 17 heavy (non-hydrogen) atoms. The van der Waals surface area contributed by atoms with E-state index in [1.807, 2.05) is 24.3 Å². The minimum absolute atomic E-state index is 0.0963. The lowest BCUT2D eigenvalue weighted by Crippen LogP contribution is -1.92. The molecule has 0 bridgehead atoms. The maximum Gasteiger partial charge on any atom is 0.134 e. The molecular weight excluding hydrogens is 216 g/mol. The zero-order chi connectivity index (χ0) is 11.7. The molecular formula is C13H12N2O2. The summed E-state index contributed by atoms with van der Waals surface area (Å²) in [5.74, 6) is 0.785. The predicted molar refractivity (Wildman–Crippen MR) is 64.6 cm³/mol. The third-order valence-electron chi connectivity index (χ3n) is 2.75. The Labute approximate surface area is 97.9 Å². The molecule has 2 heterocycles. The van der Waals surface area contributed by atoms with Crippen LogP contribution in [-0.2, 0) is 6.42 Å². The molecule has 0 saturated carbocycles. The van der Waals surface area contributed by atoms with E-state index in [-0.39, 0.29) is 6.61 Å². The van der Waals surface area contributed by atoms with Crippen LogP contribution in [-0.4, -0.2) is 21.7 Å². The molecule has 0 saturated heterocycles. The van der Waals surface area contributed by atoms with Crippen LogP contribution < -0.4 is 0 Å². The van der Waals surface area contributed by atoms with E-state index >= 15 is 0 Å². The van der Waals surface area contributed by atoms with Crippen molar-refractivity contribution in [3.05, 3.63) is 42.5 Å². The Morgan fingerprint density at radius 3 is 3.06 bits per heavy atom. The minimum Gasteiger partial charge on any atom is -0.464 e. The fourth-order valence-corrected chi connectivity index (χ4v) is 1.92. The highest BCUT2D eigenvalue weighted by Crippen LogP contribution is 2.29. The van der Waals surface area contributed by atoms with Gasteiger partial charge in [0.2, 0.25) is 0 Å². The van der Waals surface area contributed by atoms with Crippen molar-refractivity contribution in [3.63, 3.8) is 0 Å². The van der Waals surface area contributed by atoms with Gasteiger partial charge >= 0.3 is 0 Å². The van der Waals surface area contributed by atoms with Gasteiger partial charge in [0.1, 0.15) is 17.7 Å². The van der Waals surface area contributed by atoms with Crippen molar-refractivity contribution in [2.45, 2.75) is 6.42 Å². The van der Waals surface area contributed by atoms with Gasteiger partial charge in [0.25, 0.3) is 0 Å². The van der Waals surface area contributed by atoms with Gasteiger partial charge in [-0.1, -0.05) is 18.2 Å². The Bertz CT molecular complexity index is 639. The molecule has 0 amide bonds. The topological polar surface area (TPSA) is 62.1 Å². The van der Waals surface area contributed by atoms with Crippen LogP contribution in [0.1, 0.15) is 5.82 Å². The zero-order valence-electron chi connectivity index (χ0n) is 9.18. The molecule has 0 atom stereocenters. The highest BCUT2D eigenvalue weighted by atomic mass is 16.3. The quantitative estimate of drug-likeness (QED) is 0.723. The van der Waals surface area contributed by atoms with Crippen molar-refractivity contribution in [2.75, 3.05) is 6.61 Å². The SMILES string of the molecule is OCCc1ncc(-c2coc3ccccc23)[nH]1. The number of aliphatic hydroxyl groups excluding tert-OH is 1. The number of nitrogens with zero attached hydrogens (tertiary/aromatic N) is 1. The molecule has 0 fully saturated rings. The van der Waals surface area contributed by atoms with Crippen LogP contribution in [0.15, 0.2) is 41.1 Å². The van der Waals surface area contributed by atoms with E-state index in [4.69, 9.17) is 9.52 Å². The summed E-state index contributed by atoms with van der Waals surface area (Å²) in [5.41, 5.74) is 2.77. The Morgan fingerprint density at radius 2 is 2.18 bits per heavy atom. The molecule has 0 aliphatic carbocycles. The monoisotopic (exact) mass is 228 g/mol. The van der Waals surface area contributed by atoms with Gasteiger partial charge in [0.15, 0.2) is 0 Å². The van der Waals surface area contributed by atoms with Crippen molar-refractivity contribution in [1.29, 1.82) is 0 Å². The van der Waals surface area contributed by atoms with Crippen molar-refractivity contribution in [1.82, 2.24) is 9.97 Å². The number of rotatable bonds is 3. The number of aromatic nitrogens is 2. The number of fused-ring (bicyclic) bond motifs is 1. The molecule has 2 aromatic heterocycles. The number of H-pyrrole nitrogens is 1. The fourth-order valence-electron chi connectivity index (χ4n) is 1.92. The second kappa shape index (κ2) is 4.07. The van der Waals surface area contributed by atoms with Crippen molar-refractivity contribution in [3.8, 4) is 11.3 Å². The van der Waals surface area contributed by atoms with Gasteiger partial charge < -0.3 is 14.5 Å². The average Bonchev–Trinajstić information content (AvgIpc) is 2.95. The fraction of sp³-hybridized carbons (Fsp3) is 0.154. The minimum atomic E-state index is 0.0963. The first-order valence-corrected chi connectivity index (χ1v) is 5.50. The summed E-state index contributed by atoms with van der Waals surface area (Å²) in [6.45, 7) is 0.0963. The maximum absolute atomic E-state index is 8.85. The van der Waals surface area contributed by atoms with Gasteiger partial charge in [-0.15, -0.1) is 0 Å². The zero-order valence-corrected chi connectivity index (χ0v) is 9.18. The Hall–Kier alpha value is -2.07. The van der Waals surface area contributed by atoms with E-state index in [1.165, 1.54) is 0 Å². The number of para-hydroxylation sites is 1. The van der Waals surface area contributed by atoms with Gasteiger partial charge in [-0.05, 0) is 6.07 Å². The van der Waals surface area contributed by atoms with Crippen molar-refractivity contribution < 1.29 is 9.52 Å². The van der Waals surface area contributed by atoms with E-state index in [2.05, 4.69) is 9.97 Å². The number of benzene rings is 1. The summed E-state index contributed by atoms with van der Waals surface area (Å²) >= 11 is 0.